The number of rotatable bonds is 18. The summed E-state index contributed by atoms with van der Waals surface area (Å²) in [6.07, 6.45) is -0.878. The number of imidazole rings is 1. The van der Waals surface area contributed by atoms with Gasteiger partial charge in [-0.1, -0.05) is 94.8 Å². The van der Waals surface area contributed by atoms with E-state index in [1.54, 1.807) is 39.8 Å². The fourth-order valence-electron chi connectivity index (χ4n) is 12.8. The molecule has 2 bridgehead atoms. The van der Waals surface area contributed by atoms with Crippen LogP contribution in [0.4, 0.5) is 0 Å². The molecule has 1 aliphatic rings. The van der Waals surface area contributed by atoms with Crippen LogP contribution in [0.3, 0.4) is 0 Å². The third-order valence-electron chi connectivity index (χ3n) is 19.2. The molecule has 0 aliphatic carbocycles. The number of benzene rings is 4. The Morgan fingerprint density at radius 2 is 0.958 bits per heavy atom. The molecule has 632 valence electrons. The summed E-state index contributed by atoms with van der Waals surface area (Å²) < 4.78 is 0. The molecule has 35 nitrogen and oxygen atoms in total. The van der Waals surface area contributed by atoms with Gasteiger partial charge >= 0.3 is 5.97 Å². The van der Waals surface area contributed by atoms with Gasteiger partial charge in [0.15, 0.2) is 0 Å². The number of hydrogen-bond donors (Lipinski definition) is 20. The second-order valence-electron chi connectivity index (χ2n) is 29.9. The number of pyridine rings is 1. The number of nitrogens with two attached hydrogens (primary N) is 1. The number of phenols is 3. The number of aromatic hydroxyl groups is 3. The summed E-state index contributed by atoms with van der Waals surface area (Å²) in [7, 11) is 0. The van der Waals surface area contributed by atoms with Gasteiger partial charge in [0.05, 0.1) is 18.5 Å². The number of aromatic nitrogens is 4. The zero-order chi connectivity index (χ0) is 85.9. The number of H-pyrrole nitrogens is 2. The van der Waals surface area contributed by atoms with E-state index in [0.717, 1.165) is 11.1 Å². The monoisotopic (exact) mass is 1670 g/mol. The summed E-state index contributed by atoms with van der Waals surface area (Å²) in [6, 6.07) is 9.31. The molecule has 118 heavy (non-hydrogen) atoms. The van der Waals surface area contributed by atoms with Gasteiger partial charge in [0, 0.05) is 97.6 Å². The number of fused-ring (bicyclic) bond motifs is 3. The number of aliphatic hydroxyl groups is 2. The third kappa shape index (κ3) is 28.1. The van der Waals surface area contributed by atoms with Crippen molar-refractivity contribution in [3.8, 4) is 17.2 Å². The first-order chi connectivity index (χ1) is 56.1. The van der Waals surface area contributed by atoms with Crippen molar-refractivity contribution in [1.29, 1.82) is 0 Å². The Morgan fingerprint density at radius 3 is 1.42 bits per heavy atom. The maximum Gasteiger partial charge on any atom is 0.303 e. The van der Waals surface area contributed by atoms with Crippen molar-refractivity contribution in [2.45, 2.75) is 196 Å². The summed E-state index contributed by atoms with van der Waals surface area (Å²) in [5, 5.41) is 92.5. The second-order valence-corrected chi connectivity index (χ2v) is 32.0. The van der Waals surface area contributed by atoms with Crippen LogP contribution in [0.1, 0.15) is 113 Å². The average Bonchev–Trinajstić information content (AvgIpc) is 1.54. The van der Waals surface area contributed by atoms with Gasteiger partial charge in [-0.15, -0.1) is 0 Å². The van der Waals surface area contributed by atoms with E-state index in [2.05, 4.69) is 78.4 Å². The highest BCUT2D eigenvalue weighted by Gasteiger charge is 2.40. The Morgan fingerprint density at radius 1 is 0.517 bits per heavy atom. The highest BCUT2D eigenvalue weighted by atomic mass is 32.2. The fraction of sp³-hybridized carbons (Fsp3) is 0.420. The number of aliphatic hydroxyl groups excluding tert-OH is 2. The van der Waals surface area contributed by atoms with Crippen LogP contribution < -0.4 is 64.2 Å². The topological polar surface area (TPSA) is 559 Å². The van der Waals surface area contributed by atoms with Crippen LogP contribution in [0, 0.1) is 5.41 Å². The Labute approximate surface area is 688 Å². The summed E-state index contributed by atoms with van der Waals surface area (Å²) >= 11 is 2.64. The quantitative estimate of drug-likeness (QED) is 0.0564. The molecular formula is C81H102N16O19S2. The van der Waals surface area contributed by atoms with E-state index < -0.39 is 180 Å². The first kappa shape index (κ1) is 91.4. The number of nitrogens with one attached hydrogen (secondary N) is 13. The molecule has 0 saturated carbocycles. The van der Waals surface area contributed by atoms with Gasteiger partial charge in [0.1, 0.15) is 89.4 Å². The Kier molecular flexibility index (Phi) is 33.9. The molecule has 0 saturated heterocycles. The largest absolute Gasteiger partial charge is 0.508 e. The van der Waals surface area contributed by atoms with Crippen LogP contribution >= 0.6 is 23.5 Å². The van der Waals surface area contributed by atoms with Crippen molar-refractivity contribution in [2.24, 2.45) is 11.1 Å². The minimum absolute atomic E-state index is 0.0541. The van der Waals surface area contributed by atoms with Crippen LogP contribution in [-0.4, -0.2) is 218 Å². The van der Waals surface area contributed by atoms with Gasteiger partial charge < -0.3 is 105 Å². The number of carboxylic acid groups (broad SMARTS) is 1. The number of amides is 12. The Hall–Kier alpha value is -12.1. The van der Waals surface area contributed by atoms with Gasteiger partial charge in [-0.2, -0.15) is 23.5 Å². The van der Waals surface area contributed by atoms with Crippen molar-refractivity contribution < 1.29 is 93.0 Å². The molecule has 4 aromatic carbocycles. The third-order valence-corrected chi connectivity index (χ3v) is 21.4. The Bertz CT molecular complexity index is 4640. The molecule has 12 amide bonds. The number of carbonyl (C=O) groups excluding carboxylic acids is 12. The van der Waals surface area contributed by atoms with Crippen LogP contribution in [0.15, 0.2) is 134 Å². The number of carbonyl (C=O) groups is 13. The molecule has 4 heterocycles. The lowest BCUT2D eigenvalue weighted by Gasteiger charge is -2.32. The number of hydrogen-bond acceptors (Lipinski definition) is 22. The predicted octanol–water partition coefficient (Wildman–Crippen LogP) is 0.777. The maximum atomic E-state index is 15.1. The van der Waals surface area contributed by atoms with Crippen molar-refractivity contribution in [3.05, 3.63) is 173 Å². The van der Waals surface area contributed by atoms with Gasteiger partial charge in [0.2, 0.25) is 70.9 Å². The minimum atomic E-state index is -1.92. The van der Waals surface area contributed by atoms with E-state index in [1.807, 2.05) is 24.3 Å². The summed E-state index contributed by atoms with van der Waals surface area (Å²) in [5.74, 6) is -12.8. The number of aliphatic carboxylic acids is 1. The standard InChI is InChI=1S/C81H102N16O19S2/c1-7-10-56-71(107)88-57(26-27-65(104)105)72(108)89-58(32-45-14-20-52(100)21-15-45)73(109)90-60(34-47-18-24-54(102)25-19-47)76(112)96-67(44(3)99)79(115)94-63(69(82)106)41-118-40-49-12-8-11-48(31-49)39-117-30-28-64(103)95-68(81(4,5)6)80(116)93-59(33-46-16-22-53(101)23-17-46)74(110)91-62(36-51-38-83-42-86-51)77(113)97-66(43(2)98)78(114)92-61(75(111)87-56)35-50-37-85-70-55(50)13-9-29-84-70/h8-9,11-25,29,31,37-38,42-44,56-63,66-68,98-102H,7,10,26-28,30,32-36,39-41H2,1-6H3,(H2,82,106)(H,83,86)(H,84,85)(H,87,111)(H,88,107)(H,89,108)(H,90,109)(H,91,110)(H,92,114)(H,93,116)(H,94,115)(H,95,103)(H,96,112)(H,97,113)(H,104,105)/t43-,44-,56+,57+,58+,59+,60+,61+,62+,63+,66+,67+,68-/m1/s1. The molecule has 0 radical (unpaired) electrons. The zero-order valence-corrected chi connectivity index (χ0v) is 67.5. The number of carboxylic acids is 1. The molecule has 0 unspecified atom stereocenters. The van der Waals surface area contributed by atoms with Crippen molar-refractivity contribution in [2.75, 3.05) is 11.5 Å². The smallest absolute Gasteiger partial charge is 0.303 e. The summed E-state index contributed by atoms with van der Waals surface area (Å²) in [5.41, 5.74) is 8.67. The van der Waals surface area contributed by atoms with E-state index >= 15 is 9.59 Å². The number of nitrogens with zero attached hydrogens (tertiary/aromatic N) is 2. The number of phenolic OH excluding ortho intramolecular Hbond substituents is 3. The van der Waals surface area contributed by atoms with Crippen LogP contribution in [-0.2, 0) is 106 Å². The van der Waals surface area contributed by atoms with Gasteiger partial charge in [0.25, 0.3) is 0 Å². The zero-order valence-electron chi connectivity index (χ0n) is 65.9. The maximum absolute atomic E-state index is 15.1. The predicted molar refractivity (Wildman–Crippen MR) is 436 cm³/mol. The molecule has 3 aromatic heterocycles. The first-order valence-corrected chi connectivity index (χ1v) is 40.6. The summed E-state index contributed by atoms with van der Waals surface area (Å²) in [6.45, 7) is 9.11. The van der Waals surface area contributed by atoms with Gasteiger partial charge in [-0.3, -0.25) is 62.3 Å². The van der Waals surface area contributed by atoms with Crippen molar-refractivity contribution in [3.63, 3.8) is 0 Å². The lowest BCUT2D eigenvalue weighted by molar-refractivity contribution is -0.139. The minimum Gasteiger partial charge on any atom is -0.508 e. The van der Waals surface area contributed by atoms with E-state index in [0.29, 0.717) is 50.5 Å². The van der Waals surface area contributed by atoms with E-state index in [-0.39, 0.29) is 73.7 Å². The molecule has 0 fully saturated rings. The van der Waals surface area contributed by atoms with Crippen LogP contribution in [0.25, 0.3) is 11.0 Å². The molecule has 8 rings (SSSR count). The highest BCUT2D eigenvalue weighted by molar-refractivity contribution is 7.98. The highest BCUT2D eigenvalue weighted by Crippen LogP contribution is 2.25. The van der Waals surface area contributed by atoms with Crippen LogP contribution in [0.5, 0.6) is 17.2 Å². The number of thioether (sulfide) groups is 2. The van der Waals surface area contributed by atoms with E-state index in [1.165, 1.54) is 135 Å². The second kappa shape index (κ2) is 43.7. The first-order valence-electron chi connectivity index (χ1n) is 38.3. The molecule has 37 heteroatoms. The van der Waals surface area contributed by atoms with Crippen LogP contribution in [0.2, 0.25) is 0 Å². The molecule has 7 aromatic rings. The summed E-state index contributed by atoms with van der Waals surface area (Å²) in [4.78, 5) is 202. The van der Waals surface area contributed by atoms with E-state index in [9.17, 15) is 83.4 Å². The molecule has 0 spiro atoms. The molecule has 13 atom stereocenters. The molecule has 1 aliphatic heterocycles. The van der Waals surface area contributed by atoms with Crippen molar-refractivity contribution >= 4 is 111 Å². The normalized spacial score (nSPS) is 23.0. The number of aromatic amines is 2. The number of primary amides is 1. The Balaban J connectivity index is 1.15. The lowest BCUT2D eigenvalue weighted by atomic mass is 9.85. The lowest BCUT2D eigenvalue weighted by Crippen LogP contribution is -2.63. The molecular weight excluding hydrogens is 1570 g/mol. The van der Waals surface area contributed by atoms with E-state index in [4.69, 9.17) is 5.73 Å². The fourth-order valence-corrected chi connectivity index (χ4v) is 14.7. The van der Waals surface area contributed by atoms with Gasteiger partial charge in [-0.25, -0.2) is 9.97 Å². The molecule has 21 N–H and O–H groups in total. The van der Waals surface area contributed by atoms with Crippen molar-refractivity contribution in [1.82, 2.24) is 78.4 Å². The van der Waals surface area contributed by atoms with Gasteiger partial charge in [-0.05, 0) is 114 Å². The average molecular weight is 1670 g/mol. The SMILES string of the molecule is CCC[C@@H]1NC(=O)[C@H](Cc2c[nH]c3ncccc23)NC(=O)[C@H]([C@@H](C)O)NC(=O)[C@H](Cc2cnc[nH]2)NC(=O)[C@H](Cc2ccc(O)cc2)NC(=O)[C@H](C(C)(C)C)NC(=O)CCSCc2cccc(c2)CSC[C@@H](C(N)=O)NC(=O)[C@H]([C@@H](C)O)NC(=O)[C@H](Cc2ccc(O)cc2)NC(=O)[C@H](Cc2ccc(O)cc2)NC(=O)[C@H](CCC(=O)O)NC1=O.